The van der Waals surface area contributed by atoms with Crippen LogP contribution in [0.2, 0.25) is 0 Å². The minimum absolute atomic E-state index is 0.833. The van der Waals surface area contributed by atoms with E-state index in [2.05, 4.69) is 20.8 Å². The van der Waals surface area contributed by atoms with Gasteiger partial charge in [0.2, 0.25) is 0 Å². The zero-order chi connectivity index (χ0) is 8.27. The van der Waals surface area contributed by atoms with Crippen LogP contribution in [-0.2, 0) is 0 Å². The molecule has 0 N–H and O–H groups in total. The normalized spacial score (nSPS) is 33.8. The quantitative estimate of drug-likeness (QED) is 0.497. The van der Waals surface area contributed by atoms with E-state index in [1.165, 1.54) is 18.3 Å². The van der Waals surface area contributed by atoms with E-state index in [-0.39, 0.29) is 0 Å². The standard InChI is InChI=1S/C7H12.C4H10/c1-2-6-4-7(3-1)5-6;1-4(2)3/h6-7H,1-5H2;4H,1-3H3. The molecule has 66 valence electrons. The highest BCUT2D eigenvalue weighted by Crippen LogP contribution is 2.45. The predicted octanol–water partition coefficient (Wildman–Crippen LogP) is 3.86. The molecule has 0 amide bonds. The van der Waals surface area contributed by atoms with Crippen LogP contribution in [0.15, 0.2) is 0 Å². The summed E-state index contributed by atoms with van der Waals surface area (Å²) in [6.07, 6.45) is 7.81. The van der Waals surface area contributed by atoms with Gasteiger partial charge in [0.05, 0.1) is 0 Å². The predicted molar refractivity (Wildman–Crippen MR) is 50.6 cm³/mol. The highest BCUT2D eigenvalue weighted by Gasteiger charge is 2.32. The van der Waals surface area contributed by atoms with E-state index in [0.717, 1.165) is 5.92 Å². The first-order valence-electron chi connectivity index (χ1n) is 5.18. The summed E-state index contributed by atoms with van der Waals surface area (Å²) in [6, 6.07) is 0. The van der Waals surface area contributed by atoms with Gasteiger partial charge in [-0.25, -0.2) is 0 Å². The molecule has 0 aliphatic heterocycles. The zero-order valence-corrected chi connectivity index (χ0v) is 8.27. The van der Waals surface area contributed by atoms with Crippen molar-refractivity contribution in [3.63, 3.8) is 0 Å². The first-order valence-corrected chi connectivity index (χ1v) is 5.18. The maximum atomic E-state index is 2.17. The lowest BCUT2D eigenvalue weighted by Gasteiger charge is -2.40. The largest absolute Gasteiger partial charge is 0.0630 e. The van der Waals surface area contributed by atoms with E-state index in [0.29, 0.717) is 0 Å². The molecule has 3 aliphatic carbocycles. The van der Waals surface area contributed by atoms with Crippen LogP contribution in [0.25, 0.3) is 0 Å². The molecule has 0 heterocycles. The van der Waals surface area contributed by atoms with E-state index in [1.807, 2.05) is 0 Å². The second-order valence-electron chi connectivity index (χ2n) is 4.87. The van der Waals surface area contributed by atoms with Crippen molar-refractivity contribution in [2.45, 2.75) is 52.9 Å². The van der Waals surface area contributed by atoms with Crippen molar-refractivity contribution >= 4 is 0 Å². The van der Waals surface area contributed by atoms with Crippen LogP contribution >= 0.6 is 0 Å². The van der Waals surface area contributed by atoms with Gasteiger partial charge < -0.3 is 0 Å². The molecule has 0 unspecified atom stereocenters. The average molecular weight is 154 g/mol. The Bertz CT molecular complexity index is 82.3. The Labute approximate surface area is 71.4 Å². The Hall–Kier alpha value is 0. The second-order valence-corrected chi connectivity index (χ2v) is 4.87. The van der Waals surface area contributed by atoms with Crippen LogP contribution in [0.4, 0.5) is 0 Å². The van der Waals surface area contributed by atoms with Gasteiger partial charge in [-0.1, -0.05) is 40.0 Å². The van der Waals surface area contributed by atoms with Gasteiger partial charge in [0.1, 0.15) is 0 Å². The van der Waals surface area contributed by atoms with Gasteiger partial charge in [0, 0.05) is 0 Å². The van der Waals surface area contributed by atoms with E-state index < -0.39 is 0 Å². The molecule has 0 aromatic heterocycles. The fourth-order valence-corrected chi connectivity index (χ4v) is 2.04. The molecule has 0 spiro atoms. The maximum absolute atomic E-state index is 2.17. The smallest absolute Gasteiger partial charge is 0.0409 e. The molecule has 3 aliphatic rings. The highest BCUT2D eigenvalue weighted by atomic mass is 14.4. The molecule has 2 bridgehead atoms. The molecular formula is C11H22. The van der Waals surface area contributed by atoms with Crippen molar-refractivity contribution in [2.24, 2.45) is 17.8 Å². The molecule has 0 atom stereocenters. The van der Waals surface area contributed by atoms with Crippen LogP contribution in [0.1, 0.15) is 52.9 Å². The highest BCUT2D eigenvalue weighted by molar-refractivity contribution is 4.83. The summed E-state index contributed by atoms with van der Waals surface area (Å²) < 4.78 is 0. The topological polar surface area (TPSA) is 0 Å². The van der Waals surface area contributed by atoms with Crippen molar-refractivity contribution < 1.29 is 0 Å². The average Bonchev–Trinajstić information content (AvgIpc) is 1.86. The summed E-state index contributed by atoms with van der Waals surface area (Å²) in [5.41, 5.74) is 0. The number of hydrogen-bond acceptors (Lipinski definition) is 0. The SMILES string of the molecule is C1CC2CC(C1)C2.CC(C)C. The van der Waals surface area contributed by atoms with Gasteiger partial charge in [0.15, 0.2) is 0 Å². The van der Waals surface area contributed by atoms with E-state index in [4.69, 9.17) is 0 Å². The molecule has 3 rings (SSSR count). The van der Waals surface area contributed by atoms with Crippen molar-refractivity contribution in [1.82, 2.24) is 0 Å². The molecule has 0 nitrogen and oxygen atoms in total. The summed E-state index contributed by atoms with van der Waals surface area (Å²) in [7, 11) is 0. The molecule has 3 saturated carbocycles. The third-order valence-electron chi connectivity index (χ3n) is 2.56. The van der Waals surface area contributed by atoms with Crippen LogP contribution in [0.3, 0.4) is 0 Å². The van der Waals surface area contributed by atoms with Crippen molar-refractivity contribution in [3.05, 3.63) is 0 Å². The number of rotatable bonds is 0. The fourth-order valence-electron chi connectivity index (χ4n) is 2.04. The van der Waals surface area contributed by atoms with Crippen molar-refractivity contribution in [3.8, 4) is 0 Å². The summed E-state index contributed by atoms with van der Waals surface area (Å²) in [4.78, 5) is 0. The lowest BCUT2D eigenvalue weighted by atomic mass is 9.65. The lowest BCUT2D eigenvalue weighted by Crippen LogP contribution is -2.28. The first-order chi connectivity index (χ1) is 5.18. The molecular weight excluding hydrogens is 132 g/mol. The van der Waals surface area contributed by atoms with Gasteiger partial charge >= 0.3 is 0 Å². The van der Waals surface area contributed by atoms with Crippen LogP contribution in [0, 0.1) is 17.8 Å². The van der Waals surface area contributed by atoms with Gasteiger partial charge in [-0.15, -0.1) is 0 Å². The monoisotopic (exact) mass is 154 g/mol. The Balaban J connectivity index is 0.000000134. The summed E-state index contributed by atoms with van der Waals surface area (Å²) >= 11 is 0. The minimum Gasteiger partial charge on any atom is -0.0630 e. The van der Waals surface area contributed by atoms with Gasteiger partial charge in [0.25, 0.3) is 0 Å². The van der Waals surface area contributed by atoms with Crippen LogP contribution < -0.4 is 0 Å². The third kappa shape index (κ3) is 3.27. The van der Waals surface area contributed by atoms with E-state index >= 15 is 0 Å². The fraction of sp³-hybridized carbons (Fsp3) is 1.00. The van der Waals surface area contributed by atoms with E-state index in [1.54, 1.807) is 25.7 Å². The molecule has 0 heteroatoms. The molecule has 11 heavy (non-hydrogen) atoms. The van der Waals surface area contributed by atoms with E-state index in [9.17, 15) is 0 Å². The molecule has 0 aromatic carbocycles. The molecule has 3 fully saturated rings. The molecule has 0 aromatic rings. The summed E-state index contributed by atoms with van der Waals surface area (Å²) in [6.45, 7) is 6.50. The Morgan fingerprint density at radius 1 is 0.909 bits per heavy atom. The zero-order valence-electron chi connectivity index (χ0n) is 8.27. The van der Waals surface area contributed by atoms with Gasteiger partial charge in [-0.05, 0) is 30.6 Å². The summed E-state index contributed by atoms with van der Waals surface area (Å²) in [5, 5.41) is 0. The molecule has 0 radical (unpaired) electrons. The van der Waals surface area contributed by atoms with Crippen molar-refractivity contribution in [2.75, 3.05) is 0 Å². The Morgan fingerprint density at radius 2 is 1.27 bits per heavy atom. The first kappa shape index (κ1) is 9.09. The van der Waals surface area contributed by atoms with Crippen molar-refractivity contribution in [1.29, 1.82) is 0 Å². The van der Waals surface area contributed by atoms with Gasteiger partial charge in [-0.2, -0.15) is 0 Å². The minimum atomic E-state index is 0.833. The summed E-state index contributed by atoms with van der Waals surface area (Å²) in [5.74, 6) is 3.19. The maximum Gasteiger partial charge on any atom is -0.0409 e. The second kappa shape index (κ2) is 4.13. The van der Waals surface area contributed by atoms with Gasteiger partial charge in [-0.3, -0.25) is 0 Å². The molecule has 0 saturated heterocycles. The number of fused-ring (bicyclic) bond motifs is 2. The third-order valence-corrected chi connectivity index (χ3v) is 2.56. The van der Waals surface area contributed by atoms with Crippen LogP contribution in [-0.4, -0.2) is 0 Å². The Kier molecular flexibility index (Phi) is 3.42. The number of hydrogen-bond donors (Lipinski definition) is 0. The lowest BCUT2D eigenvalue weighted by molar-refractivity contribution is 0.116. The van der Waals surface area contributed by atoms with Crippen LogP contribution in [0.5, 0.6) is 0 Å². The Morgan fingerprint density at radius 3 is 1.36 bits per heavy atom.